The van der Waals surface area contributed by atoms with Crippen molar-refractivity contribution in [3.05, 3.63) is 75.6 Å². The first kappa shape index (κ1) is 17.8. The molecule has 9 heteroatoms. The van der Waals surface area contributed by atoms with Crippen molar-refractivity contribution in [1.29, 1.82) is 0 Å². The minimum absolute atomic E-state index is 0.0179. The lowest BCUT2D eigenvalue weighted by molar-refractivity contribution is 0.565. The molecular weight excluding hydrogens is 395 g/mol. The van der Waals surface area contributed by atoms with E-state index in [1.807, 2.05) is 0 Å². The Hall–Kier alpha value is -2.64. The van der Waals surface area contributed by atoms with Gasteiger partial charge in [-0.25, -0.2) is 28.7 Å². The third kappa shape index (κ3) is 3.36. The van der Waals surface area contributed by atoms with E-state index in [4.69, 9.17) is 23.2 Å². The maximum Gasteiger partial charge on any atom is 0.181 e. The van der Waals surface area contributed by atoms with Gasteiger partial charge in [0, 0.05) is 30.6 Å². The normalized spacial score (nSPS) is 11.3. The summed E-state index contributed by atoms with van der Waals surface area (Å²) in [5.41, 5.74) is 1.95. The molecule has 0 bridgehead atoms. The van der Waals surface area contributed by atoms with Gasteiger partial charge in [0.15, 0.2) is 16.6 Å². The summed E-state index contributed by atoms with van der Waals surface area (Å²) in [6.07, 6.45) is 6.61. The van der Waals surface area contributed by atoms with E-state index < -0.39 is 11.6 Å². The summed E-state index contributed by atoms with van der Waals surface area (Å²) in [6, 6.07) is 2.59. The molecule has 0 atom stereocenters. The Bertz CT molecular complexity index is 1150. The highest BCUT2D eigenvalue weighted by atomic mass is 35.5. The smallest absolute Gasteiger partial charge is 0.181 e. The Morgan fingerprint density at radius 1 is 1.07 bits per heavy atom. The number of aromatic nitrogens is 5. The molecular formula is C18H11Cl2F2N5. The predicted octanol–water partition coefficient (Wildman–Crippen LogP) is 4.67. The zero-order valence-electron chi connectivity index (χ0n) is 13.9. The van der Waals surface area contributed by atoms with Crippen molar-refractivity contribution in [1.82, 2.24) is 24.3 Å². The van der Waals surface area contributed by atoms with Crippen LogP contribution < -0.4 is 0 Å². The molecule has 3 heterocycles. The summed E-state index contributed by atoms with van der Waals surface area (Å²) in [6.45, 7) is 1.39. The van der Waals surface area contributed by atoms with Crippen LogP contribution >= 0.6 is 23.2 Å². The van der Waals surface area contributed by atoms with Gasteiger partial charge in [-0.15, -0.1) is 0 Å². The molecule has 0 saturated carbocycles. The van der Waals surface area contributed by atoms with Crippen LogP contribution in [0, 0.1) is 18.6 Å². The third-order valence-electron chi connectivity index (χ3n) is 4.09. The summed E-state index contributed by atoms with van der Waals surface area (Å²) in [4.78, 5) is 17.1. The van der Waals surface area contributed by atoms with Crippen LogP contribution in [0.4, 0.5) is 8.78 Å². The topological polar surface area (TPSA) is 56.0 Å². The Morgan fingerprint density at radius 3 is 2.52 bits per heavy atom. The molecule has 0 fully saturated rings. The van der Waals surface area contributed by atoms with E-state index in [-0.39, 0.29) is 28.0 Å². The van der Waals surface area contributed by atoms with E-state index >= 15 is 0 Å². The quantitative estimate of drug-likeness (QED) is 0.464. The minimum atomic E-state index is -0.603. The molecule has 4 aromatic rings. The molecule has 0 N–H and O–H groups in total. The largest absolute Gasteiger partial charge is 0.303 e. The van der Waals surface area contributed by atoms with Crippen LogP contribution in [0.15, 0.2) is 36.9 Å². The van der Waals surface area contributed by atoms with Gasteiger partial charge in [-0.2, -0.15) is 0 Å². The number of fused-ring (bicyclic) bond motifs is 1. The molecule has 0 unspecified atom stereocenters. The molecule has 4 rings (SSSR count). The fourth-order valence-corrected chi connectivity index (χ4v) is 2.91. The van der Waals surface area contributed by atoms with Crippen molar-refractivity contribution in [3.8, 4) is 11.5 Å². The standard InChI is InChI=1S/C18H11Cl2F2N5/c1-9-12(21)4-10(5-13(9)22)6-14-18-23-2-3-27(18)8-15(25-14)17-24-7-11(19)16(20)26-17/h2-5,7-8H,6H2,1H3. The zero-order chi connectivity index (χ0) is 19.1. The zero-order valence-corrected chi connectivity index (χ0v) is 15.4. The fourth-order valence-electron chi connectivity index (χ4n) is 2.69. The number of rotatable bonds is 3. The van der Waals surface area contributed by atoms with E-state index in [2.05, 4.69) is 19.9 Å². The summed E-state index contributed by atoms with van der Waals surface area (Å²) in [5.74, 6) is -0.927. The predicted molar refractivity (Wildman–Crippen MR) is 97.9 cm³/mol. The van der Waals surface area contributed by atoms with Gasteiger partial charge in [-0.3, -0.25) is 0 Å². The first-order valence-electron chi connectivity index (χ1n) is 7.88. The highest BCUT2D eigenvalue weighted by Crippen LogP contribution is 2.24. The van der Waals surface area contributed by atoms with Gasteiger partial charge in [0.05, 0.1) is 16.9 Å². The first-order chi connectivity index (χ1) is 12.9. The Kier molecular flexibility index (Phi) is 4.49. The van der Waals surface area contributed by atoms with Crippen LogP contribution in [-0.2, 0) is 6.42 Å². The average Bonchev–Trinajstić information content (AvgIpc) is 3.11. The van der Waals surface area contributed by atoms with Crippen LogP contribution in [0.25, 0.3) is 17.2 Å². The maximum absolute atomic E-state index is 13.9. The van der Waals surface area contributed by atoms with Crippen molar-refractivity contribution in [2.75, 3.05) is 0 Å². The van der Waals surface area contributed by atoms with E-state index in [9.17, 15) is 8.78 Å². The lowest BCUT2D eigenvalue weighted by Gasteiger charge is -2.09. The monoisotopic (exact) mass is 405 g/mol. The third-order valence-corrected chi connectivity index (χ3v) is 4.75. The van der Waals surface area contributed by atoms with Gasteiger partial charge in [-0.1, -0.05) is 23.2 Å². The Labute approximate surface area is 162 Å². The van der Waals surface area contributed by atoms with Crippen molar-refractivity contribution < 1.29 is 8.78 Å². The molecule has 0 radical (unpaired) electrons. The second kappa shape index (κ2) is 6.83. The van der Waals surface area contributed by atoms with Crippen molar-refractivity contribution in [3.63, 3.8) is 0 Å². The molecule has 0 aliphatic carbocycles. The van der Waals surface area contributed by atoms with Gasteiger partial charge in [0.1, 0.15) is 17.3 Å². The average molecular weight is 406 g/mol. The summed E-state index contributed by atoms with van der Waals surface area (Å²) >= 11 is 11.8. The summed E-state index contributed by atoms with van der Waals surface area (Å²) in [7, 11) is 0. The van der Waals surface area contributed by atoms with Gasteiger partial charge >= 0.3 is 0 Å². The second-order valence-corrected chi connectivity index (χ2v) is 6.69. The van der Waals surface area contributed by atoms with Crippen LogP contribution in [0.3, 0.4) is 0 Å². The Morgan fingerprint density at radius 2 is 1.81 bits per heavy atom. The highest BCUT2D eigenvalue weighted by Gasteiger charge is 2.15. The first-order valence-corrected chi connectivity index (χ1v) is 8.63. The van der Waals surface area contributed by atoms with E-state index in [1.54, 1.807) is 23.0 Å². The summed E-state index contributed by atoms with van der Waals surface area (Å²) < 4.78 is 29.5. The molecule has 3 aromatic heterocycles. The van der Waals surface area contributed by atoms with Gasteiger partial charge in [0.25, 0.3) is 0 Å². The number of benzene rings is 1. The van der Waals surface area contributed by atoms with Crippen molar-refractivity contribution in [2.24, 2.45) is 0 Å². The maximum atomic E-state index is 13.9. The molecule has 0 amide bonds. The lowest BCUT2D eigenvalue weighted by Crippen LogP contribution is -2.03. The van der Waals surface area contributed by atoms with E-state index in [0.717, 1.165) is 0 Å². The van der Waals surface area contributed by atoms with E-state index in [1.165, 1.54) is 25.3 Å². The number of imidazole rings is 1. The van der Waals surface area contributed by atoms with Crippen LogP contribution in [-0.4, -0.2) is 24.3 Å². The SMILES string of the molecule is Cc1c(F)cc(Cc2nc(-c3ncc(Cl)c(Cl)n3)cn3ccnc23)cc1F. The van der Waals surface area contributed by atoms with Crippen molar-refractivity contribution >= 4 is 28.8 Å². The molecule has 0 spiro atoms. The summed E-state index contributed by atoms with van der Waals surface area (Å²) in [5, 5.41) is 0.341. The Balaban J connectivity index is 1.82. The molecule has 0 aliphatic rings. The second-order valence-electron chi connectivity index (χ2n) is 5.92. The number of halogens is 4. The minimum Gasteiger partial charge on any atom is -0.303 e. The van der Waals surface area contributed by atoms with Gasteiger partial charge < -0.3 is 4.40 Å². The number of hydrogen-bond donors (Lipinski definition) is 0. The molecule has 0 saturated heterocycles. The van der Waals surface area contributed by atoms with Crippen LogP contribution in [0.5, 0.6) is 0 Å². The van der Waals surface area contributed by atoms with Crippen LogP contribution in [0.2, 0.25) is 10.2 Å². The fraction of sp³-hybridized carbons (Fsp3) is 0.111. The molecule has 0 aliphatic heterocycles. The highest BCUT2D eigenvalue weighted by molar-refractivity contribution is 6.41. The van der Waals surface area contributed by atoms with E-state index in [0.29, 0.717) is 22.6 Å². The number of nitrogens with zero attached hydrogens (tertiary/aromatic N) is 5. The molecule has 1 aromatic carbocycles. The molecule has 136 valence electrons. The molecule has 5 nitrogen and oxygen atoms in total. The van der Waals surface area contributed by atoms with Gasteiger partial charge in [-0.05, 0) is 24.6 Å². The van der Waals surface area contributed by atoms with Gasteiger partial charge in [0.2, 0.25) is 0 Å². The number of hydrogen-bond acceptors (Lipinski definition) is 4. The lowest BCUT2D eigenvalue weighted by atomic mass is 10.1. The van der Waals surface area contributed by atoms with Crippen molar-refractivity contribution in [2.45, 2.75) is 13.3 Å². The molecule has 27 heavy (non-hydrogen) atoms. The van der Waals surface area contributed by atoms with Crippen LogP contribution in [0.1, 0.15) is 16.8 Å².